The maximum absolute atomic E-state index is 12.4. The Morgan fingerprint density at radius 2 is 1.70 bits per heavy atom. The highest BCUT2D eigenvalue weighted by Crippen LogP contribution is 2.23. The third-order valence-corrected chi connectivity index (χ3v) is 8.42. The highest BCUT2D eigenvalue weighted by atomic mass is 28.3. The Kier molecular flexibility index (Phi) is 9.26. The van der Waals surface area contributed by atoms with Crippen LogP contribution in [-0.2, 0) is 4.74 Å². The Morgan fingerprint density at radius 3 is 2.19 bits per heavy atom. The van der Waals surface area contributed by atoms with Gasteiger partial charge in [0.25, 0.3) is 0 Å². The van der Waals surface area contributed by atoms with Gasteiger partial charge in [0.05, 0.1) is 20.4 Å². The minimum atomic E-state index is -1.72. The first-order chi connectivity index (χ1) is 12.6. The molecule has 0 saturated heterocycles. The number of ether oxygens (including phenoxy) is 1. The van der Waals surface area contributed by atoms with Crippen LogP contribution in [0.3, 0.4) is 0 Å². The number of nitrogens with zero attached hydrogens (tertiary/aromatic N) is 1. The van der Waals surface area contributed by atoms with Crippen LogP contribution in [0.15, 0.2) is 42.7 Å². The third-order valence-electron chi connectivity index (χ3n) is 5.03. The van der Waals surface area contributed by atoms with E-state index in [4.69, 9.17) is 4.74 Å². The maximum atomic E-state index is 12.4. The van der Waals surface area contributed by atoms with Crippen LogP contribution in [0.1, 0.15) is 41.0 Å². The summed E-state index contributed by atoms with van der Waals surface area (Å²) in [5.41, 5.74) is 0. The topological polar surface area (TPSA) is 49.8 Å². The largest absolute Gasteiger partial charge is 0.418 e. The quantitative estimate of drug-likeness (QED) is 0.488. The van der Waals surface area contributed by atoms with Crippen molar-refractivity contribution in [2.24, 2.45) is 5.92 Å². The van der Waals surface area contributed by atoms with Crippen molar-refractivity contribution >= 4 is 19.4 Å². The number of carbonyl (C=O) groups excluding carboxylic acids is 1. The molecule has 0 bridgehead atoms. The summed E-state index contributed by atoms with van der Waals surface area (Å²) in [7, 11) is -1.72. The minimum absolute atomic E-state index is 0.0313. The maximum Gasteiger partial charge on any atom is 0.415 e. The van der Waals surface area contributed by atoms with Gasteiger partial charge in [0.2, 0.25) is 0 Å². The highest BCUT2D eigenvalue weighted by molar-refractivity contribution is 6.89. The molecule has 0 spiro atoms. The molecule has 0 saturated carbocycles. The van der Waals surface area contributed by atoms with Gasteiger partial charge in [0.15, 0.2) is 0 Å². The van der Waals surface area contributed by atoms with Gasteiger partial charge in [-0.05, 0) is 46.2 Å². The van der Waals surface area contributed by atoms with Gasteiger partial charge in [-0.15, -0.1) is 0 Å². The van der Waals surface area contributed by atoms with E-state index in [1.807, 2.05) is 46.8 Å². The molecule has 0 heterocycles. The molecule has 4 nitrogen and oxygen atoms in total. The molecule has 1 rings (SSSR count). The summed E-state index contributed by atoms with van der Waals surface area (Å²) >= 11 is 0. The molecule has 1 amide bonds. The van der Waals surface area contributed by atoms with Crippen LogP contribution in [0, 0.1) is 5.92 Å². The Balaban J connectivity index is 2.86. The van der Waals surface area contributed by atoms with E-state index in [1.165, 1.54) is 11.4 Å². The first kappa shape index (κ1) is 23.4. The average molecular weight is 392 g/mol. The fraction of sp³-hybridized carbons (Fsp3) is 0.591. The summed E-state index contributed by atoms with van der Waals surface area (Å²) in [5.74, 6) is -0.0313. The van der Waals surface area contributed by atoms with Crippen LogP contribution < -0.4 is 5.19 Å². The summed E-state index contributed by atoms with van der Waals surface area (Å²) in [6.07, 6.45) is 3.22. The molecule has 1 N–H and O–H groups in total. The highest BCUT2D eigenvalue weighted by Gasteiger charge is 2.29. The second kappa shape index (κ2) is 10.7. The van der Waals surface area contributed by atoms with E-state index in [0.29, 0.717) is 6.42 Å². The Hall–Kier alpha value is -1.59. The summed E-state index contributed by atoms with van der Waals surface area (Å²) in [4.78, 5) is 14.1. The van der Waals surface area contributed by atoms with Crippen molar-refractivity contribution < 1.29 is 14.6 Å². The van der Waals surface area contributed by atoms with E-state index >= 15 is 0 Å². The number of aliphatic hydroxyl groups excluding tert-OH is 1. The molecule has 27 heavy (non-hydrogen) atoms. The van der Waals surface area contributed by atoms with Crippen molar-refractivity contribution in [3.05, 3.63) is 42.7 Å². The predicted molar refractivity (Wildman–Crippen MR) is 116 cm³/mol. The molecule has 5 heteroatoms. The van der Waals surface area contributed by atoms with Gasteiger partial charge < -0.3 is 14.7 Å². The first-order valence-electron chi connectivity index (χ1n) is 9.99. The number of carbonyl (C=O) groups is 1. The Labute approximate surface area is 166 Å². The van der Waals surface area contributed by atoms with Gasteiger partial charge in [-0.25, -0.2) is 4.79 Å². The van der Waals surface area contributed by atoms with Crippen molar-refractivity contribution in [1.82, 2.24) is 4.90 Å². The van der Waals surface area contributed by atoms with Gasteiger partial charge in [0, 0.05) is 18.0 Å². The van der Waals surface area contributed by atoms with Crippen LogP contribution in [0.2, 0.25) is 19.1 Å². The zero-order valence-electron chi connectivity index (χ0n) is 18.0. The molecule has 152 valence electrons. The van der Waals surface area contributed by atoms with E-state index in [9.17, 15) is 9.90 Å². The normalized spacial score (nSPS) is 14.6. The molecule has 0 fully saturated rings. The van der Waals surface area contributed by atoms with Gasteiger partial charge in [-0.3, -0.25) is 0 Å². The van der Waals surface area contributed by atoms with Crippen molar-refractivity contribution in [1.29, 1.82) is 0 Å². The summed E-state index contributed by atoms with van der Waals surface area (Å²) in [6.45, 7) is 14.5. The lowest BCUT2D eigenvalue weighted by molar-refractivity contribution is 0.106. The molecule has 0 aliphatic carbocycles. The molecule has 2 atom stereocenters. The van der Waals surface area contributed by atoms with E-state index in [0.717, 1.165) is 6.04 Å². The second-order valence-electron chi connectivity index (χ2n) is 8.40. The van der Waals surface area contributed by atoms with Crippen molar-refractivity contribution in [2.45, 2.75) is 78.4 Å². The molecule has 0 aliphatic rings. The molecule has 0 unspecified atom stereocenters. The monoisotopic (exact) mass is 391 g/mol. The van der Waals surface area contributed by atoms with E-state index in [2.05, 4.69) is 37.4 Å². The fourth-order valence-corrected chi connectivity index (χ4v) is 6.43. The molecular formula is C22H37NO3Si. The molecule has 1 aromatic carbocycles. The van der Waals surface area contributed by atoms with Gasteiger partial charge >= 0.3 is 6.09 Å². The van der Waals surface area contributed by atoms with Gasteiger partial charge in [-0.2, -0.15) is 0 Å². The van der Waals surface area contributed by atoms with E-state index < -0.39 is 14.2 Å². The van der Waals surface area contributed by atoms with Crippen LogP contribution >= 0.6 is 0 Å². The molecule has 0 radical (unpaired) electrons. The fourth-order valence-electron chi connectivity index (χ4n) is 3.51. The zero-order chi connectivity index (χ0) is 20.6. The van der Waals surface area contributed by atoms with Crippen molar-refractivity contribution in [3.8, 4) is 0 Å². The molecule has 0 aliphatic heterocycles. The number of hydrogen-bond acceptors (Lipinski definition) is 3. The van der Waals surface area contributed by atoms with Crippen LogP contribution in [0.25, 0.3) is 0 Å². The molecular weight excluding hydrogens is 354 g/mol. The number of aliphatic hydroxyl groups is 1. The average Bonchev–Trinajstić information content (AvgIpc) is 2.60. The minimum Gasteiger partial charge on any atom is -0.418 e. The van der Waals surface area contributed by atoms with E-state index in [1.54, 1.807) is 4.90 Å². The zero-order valence-corrected chi connectivity index (χ0v) is 19.0. The number of hydrogen-bond donors (Lipinski definition) is 1. The van der Waals surface area contributed by atoms with Crippen LogP contribution in [0.4, 0.5) is 4.79 Å². The van der Waals surface area contributed by atoms with Crippen LogP contribution in [0.5, 0.6) is 0 Å². The number of benzene rings is 1. The number of amides is 1. The lowest BCUT2D eigenvalue weighted by atomic mass is 10.0. The summed E-state index contributed by atoms with van der Waals surface area (Å²) in [6, 6.07) is 11.6. The standard InChI is InChI=1S/C22H37NO3Si/c1-8-21(24)19(16-27(6,7)20-12-10-9-11-13-20)14-15-26-22(25)23(17(2)3)18(4)5/h9-15,17-19,21,24H,8,16H2,1-7H3/b15-14-/t19-,21-/m1/s1. The van der Waals surface area contributed by atoms with Crippen molar-refractivity contribution in [3.63, 3.8) is 0 Å². The Bertz CT molecular complexity index is 591. The van der Waals surface area contributed by atoms with Crippen molar-refractivity contribution in [2.75, 3.05) is 0 Å². The third kappa shape index (κ3) is 7.15. The van der Waals surface area contributed by atoms with Gasteiger partial charge in [-0.1, -0.05) is 55.5 Å². The predicted octanol–water partition coefficient (Wildman–Crippen LogP) is 4.76. The SMILES string of the molecule is CC[C@@H](O)[C@H](/C=C\OC(=O)N(C(C)C)C(C)C)C[Si](C)(C)c1ccccc1. The lowest BCUT2D eigenvalue weighted by Gasteiger charge is -2.30. The first-order valence-corrected chi connectivity index (χ1v) is 13.2. The number of rotatable bonds is 9. The molecule has 0 aromatic heterocycles. The van der Waals surface area contributed by atoms with Crippen LogP contribution in [-0.4, -0.2) is 42.4 Å². The van der Waals surface area contributed by atoms with E-state index in [-0.39, 0.29) is 24.1 Å². The molecule has 1 aromatic rings. The lowest BCUT2D eigenvalue weighted by Crippen LogP contribution is -2.44. The summed E-state index contributed by atoms with van der Waals surface area (Å²) < 4.78 is 5.38. The van der Waals surface area contributed by atoms with Gasteiger partial charge in [0.1, 0.15) is 0 Å². The summed E-state index contributed by atoms with van der Waals surface area (Å²) in [5, 5.41) is 11.9. The Morgan fingerprint density at radius 1 is 1.15 bits per heavy atom. The smallest absolute Gasteiger partial charge is 0.415 e. The second-order valence-corrected chi connectivity index (χ2v) is 13.2.